The topological polar surface area (TPSA) is 52.3 Å². The Labute approximate surface area is 120 Å². The molecule has 2 N–H and O–H groups in total. The molecule has 0 bridgehead atoms. The Balaban J connectivity index is 2.20. The van der Waals surface area contributed by atoms with Crippen LogP contribution in [-0.2, 0) is 9.53 Å². The fourth-order valence-corrected chi connectivity index (χ4v) is 1.95. The monoisotopic (exact) mass is 281 g/mol. The van der Waals surface area contributed by atoms with E-state index in [1.165, 1.54) is 49.9 Å². The number of unbranched alkanes of at least 4 members (excludes halogenated alkanes) is 5. The minimum atomic E-state index is -0.837. The largest absolute Gasteiger partial charge is 0.464 e. The molecule has 1 rings (SSSR count). The average Bonchev–Trinajstić information content (AvgIpc) is 2.46. The van der Waals surface area contributed by atoms with E-state index in [9.17, 15) is 9.18 Å². The summed E-state index contributed by atoms with van der Waals surface area (Å²) in [4.78, 5) is 11.7. The summed E-state index contributed by atoms with van der Waals surface area (Å²) in [6, 6.07) is 4.75. The van der Waals surface area contributed by atoms with E-state index in [0.717, 1.165) is 12.8 Å². The smallest absolute Gasteiger partial charge is 0.327 e. The molecular formula is C16H24FNO2. The van der Waals surface area contributed by atoms with Gasteiger partial charge in [-0.15, -0.1) is 0 Å². The van der Waals surface area contributed by atoms with Crippen molar-refractivity contribution in [2.24, 2.45) is 5.73 Å². The van der Waals surface area contributed by atoms with Crippen LogP contribution >= 0.6 is 0 Å². The van der Waals surface area contributed by atoms with Gasteiger partial charge in [0.1, 0.15) is 11.9 Å². The van der Waals surface area contributed by atoms with Crippen molar-refractivity contribution in [2.75, 3.05) is 6.61 Å². The quantitative estimate of drug-likeness (QED) is 0.554. The molecule has 1 atom stereocenters. The molecule has 4 heteroatoms. The lowest BCUT2D eigenvalue weighted by Gasteiger charge is -2.11. The van der Waals surface area contributed by atoms with E-state index in [-0.39, 0.29) is 5.82 Å². The Morgan fingerprint density at radius 2 is 1.75 bits per heavy atom. The Morgan fingerprint density at radius 3 is 2.40 bits per heavy atom. The SMILES string of the molecule is CCCCCCCCOC(=O)[C@H](N)c1ccc(F)cc1. The first-order valence-corrected chi connectivity index (χ1v) is 7.33. The van der Waals surface area contributed by atoms with Gasteiger partial charge < -0.3 is 10.5 Å². The van der Waals surface area contributed by atoms with Crippen molar-refractivity contribution in [2.45, 2.75) is 51.5 Å². The van der Waals surface area contributed by atoms with Gasteiger partial charge in [0.05, 0.1) is 6.61 Å². The van der Waals surface area contributed by atoms with Crippen LogP contribution in [0.4, 0.5) is 4.39 Å². The van der Waals surface area contributed by atoms with Gasteiger partial charge in [-0.2, -0.15) is 0 Å². The number of hydrogen-bond donors (Lipinski definition) is 1. The Bertz CT molecular complexity index is 392. The average molecular weight is 281 g/mol. The number of carbonyl (C=O) groups excluding carboxylic acids is 1. The third-order valence-corrected chi connectivity index (χ3v) is 3.23. The van der Waals surface area contributed by atoms with Gasteiger partial charge in [-0.25, -0.2) is 9.18 Å². The van der Waals surface area contributed by atoms with E-state index in [4.69, 9.17) is 10.5 Å². The molecule has 0 aliphatic rings. The molecule has 0 unspecified atom stereocenters. The molecule has 112 valence electrons. The second-order valence-electron chi connectivity index (χ2n) is 4.96. The number of benzene rings is 1. The zero-order chi connectivity index (χ0) is 14.8. The highest BCUT2D eigenvalue weighted by molar-refractivity contribution is 5.77. The van der Waals surface area contributed by atoms with Crippen LogP contribution in [0.2, 0.25) is 0 Å². The van der Waals surface area contributed by atoms with Gasteiger partial charge in [0, 0.05) is 0 Å². The molecule has 1 aromatic rings. The summed E-state index contributed by atoms with van der Waals surface area (Å²) in [5, 5.41) is 0. The molecule has 20 heavy (non-hydrogen) atoms. The van der Waals surface area contributed by atoms with Gasteiger partial charge in [-0.3, -0.25) is 0 Å². The third-order valence-electron chi connectivity index (χ3n) is 3.23. The van der Waals surface area contributed by atoms with Crippen LogP contribution in [0.25, 0.3) is 0 Å². The van der Waals surface area contributed by atoms with Crippen molar-refractivity contribution >= 4 is 5.97 Å². The van der Waals surface area contributed by atoms with Crippen molar-refractivity contribution < 1.29 is 13.9 Å². The predicted molar refractivity (Wildman–Crippen MR) is 77.7 cm³/mol. The molecule has 0 aromatic heterocycles. The predicted octanol–water partition coefficient (Wildman–Crippen LogP) is 3.73. The van der Waals surface area contributed by atoms with E-state index >= 15 is 0 Å². The first kappa shape index (κ1) is 16.6. The molecule has 0 aliphatic heterocycles. The number of halogens is 1. The lowest BCUT2D eigenvalue weighted by molar-refractivity contribution is -0.145. The summed E-state index contributed by atoms with van der Waals surface area (Å²) < 4.78 is 17.9. The lowest BCUT2D eigenvalue weighted by atomic mass is 10.1. The van der Waals surface area contributed by atoms with Crippen molar-refractivity contribution in [3.8, 4) is 0 Å². The molecule has 3 nitrogen and oxygen atoms in total. The molecule has 0 fully saturated rings. The van der Waals surface area contributed by atoms with E-state index in [1.54, 1.807) is 0 Å². The van der Waals surface area contributed by atoms with Gasteiger partial charge in [-0.05, 0) is 24.1 Å². The second kappa shape index (κ2) is 9.48. The summed E-state index contributed by atoms with van der Waals surface area (Å²) in [6.45, 7) is 2.58. The standard InChI is InChI=1S/C16H24FNO2/c1-2-3-4-5-6-7-12-20-16(19)15(18)13-8-10-14(17)11-9-13/h8-11,15H,2-7,12,18H2,1H3/t15-/m1/s1. The highest BCUT2D eigenvalue weighted by Crippen LogP contribution is 2.13. The summed E-state index contributed by atoms with van der Waals surface area (Å²) in [5.41, 5.74) is 6.34. The molecule has 1 aromatic carbocycles. The van der Waals surface area contributed by atoms with Crippen LogP contribution in [0.1, 0.15) is 57.1 Å². The van der Waals surface area contributed by atoms with Gasteiger partial charge in [0.25, 0.3) is 0 Å². The Kier molecular flexibility index (Phi) is 7.88. The van der Waals surface area contributed by atoms with Gasteiger partial charge >= 0.3 is 5.97 Å². The van der Waals surface area contributed by atoms with E-state index in [0.29, 0.717) is 12.2 Å². The highest BCUT2D eigenvalue weighted by Gasteiger charge is 2.16. The van der Waals surface area contributed by atoms with Crippen LogP contribution in [0.5, 0.6) is 0 Å². The fourth-order valence-electron chi connectivity index (χ4n) is 1.95. The number of rotatable bonds is 9. The number of hydrogen-bond acceptors (Lipinski definition) is 3. The van der Waals surface area contributed by atoms with Gasteiger partial charge in [-0.1, -0.05) is 51.2 Å². The van der Waals surface area contributed by atoms with Crippen molar-refractivity contribution in [3.05, 3.63) is 35.6 Å². The molecule has 0 aliphatic carbocycles. The van der Waals surface area contributed by atoms with Crippen LogP contribution in [0.15, 0.2) is 24.3 Å². The van der Waals surface area contributed by atoms with Gasteiger partial charge in [0.15, 0.2) is 0 Å². The number of esters is 1. The maximum absolute atomic E-state index is 12.8. The van der Waals surface area contributed by atoms with E-state index in [2.05, 4.69) is 6.92 Å². The van der Waals surface area contributed by atoms with Crippen molar-refractivity contribution in [1.29, 1.82) is 0 Å². The molecule has 0 saturated carbocycles. The first-order valence-electron chi connectivity index (χ1n) is 7.33. The molecule has 0 saturated heterocycles. The lowest BCUT2D eigenvalue weighted by Crippen LogP contribution is -2.24. The fraction of sp³-hybridized carbons (Fsp3) is 0.562. The summed E-state index contributed by atoms with van der Waals surface area (Å²) in [7, 11) is 0. The maximum atomic E-state index is 12.8. The second-order valence-corrected chi connectivity index (χ2v) is 4.96. The van der Waals surface area contributed by atoms with Crippen LogP contribution < -0.4 is 5.73 Å². The maximum Gasteiger partial charge on any atom is 0.327 e. The minimum absolute atomic E-state index is 0.346. The zero-order valence-corrected chi connectivity index (χ0v) is 12.1. The van der Waals surface area contributed by atoms with Crippen molar-refractivity contribution in [1.82, 2.24) is 0 Å². The zero-order valence-electron chi connectivity index (χ0n) is 12.1. The molecule has 0 spiro atoms. The minimum Gasteiger partial charge on any atom is -0.464 e. The van der Waals surface area contributed by atoms with E-state index < -0.39 is 12.0 Å². The Hall–Kier alpha value is -1.42. The summed E-state index contributed by atoms with van der Waals surface area (Å²) in [5.74, 6) is -0.799. The first-order chi connectivity index (χ1) is 9.65. The summed E-state index contributed by atoms with van der Waals surface area (Å²) >= 11 is 0. The van der Waals surface area contributed by atoms with E-state index in [1.807, 2.05) is 0 Å². The van der Waals surface area contributed by atoms with Crippen molar-refractivity contribution in [3.63, 3.8) is 0 Å². The highest BCUT2D eigenvalue weighted by atomic mass is 19.1. The molecule has 0 heterocycles. The van der Waals surface area contributed by atoms with Crippen LogP contribution in [0.3, 0.4) is 0 Å². The molecule has 0 radical (unpaired) electrons. The number of ether oxygens (including phenoxy) is 1. The Morgan fingerprint density at radius 1 is 1.15 bits per heavy atom. The normalized spacial score (nSPS) is 12.2. The third kappa shape index (κ3) is 6.15. The number of carbonyl (C=O) groups is 1. The number of nitrogens with two attached hydrogens (primary N) is 1. The molecular weight excluding hydrogens is 257 g/mol. The van der Waals surface area contributed by atoms with Crippen LogP contribution in [-0.4, -0.2) is 12.6 Å². The van der Waals surface area contributed by atoms with Crippen LogP contribution in [0, 0.1) is 5.82 Å². The van der Waals surface area contributed by atoms with Gasteiger partial charge in [0.2, 0.25) is 0 Å². The summed E-state index contributed by atoms with van der Waals surface area (Å²) in [6.07, 6.45) is 6.83. The molecule has 0 amide bonds.